The third-order valence-electron chi connectivity index (χ3n) is 3.94. The minimum Gasteiger partial charge on any atom is -0.394 e. The Labute approximate surface area is 126 Å². The fraction of sp³-hybridized carbons (Fsp3) is 1.00. The van der Waals surface area contributed by atoms with Crippen molar-refractivity contribution in [2.45, 2.75) is 68.3 Å². The van der Waals surface area contributed by atoms with Crippen LogP contribution in [0.2, 0.25) is 0 Å². The van der Waals surface area contributed by atoms with Gasteiger partial charge >= 0.3 is 0 Å². The zero-order chi connectivity index (χ0) is 16.6. The first kappa shape index (κ1) is 17.9. The minimum atomic E-state index is -1.69. The van der Waals surface area contributed by atoms with Gasteiger partial charge in [-0.1, -0.05) is 0 Å². The maximum absolute atomic E-state index is 9.93. The molecule has 0 saturated carbocycles. The molecule has 0 bridgehead atoms. The maximum Gasteiger partial charge on any atom is 0.187 e. The predicted octanol–water partition coefficient (Wildman–Crippen LogP) is -4.37. The lowest BCUT2D eigenvalue weighted by Gasteiger charge is -2.44. The van der Waals surface area contributed by atoms with Crippen molar-refractivity contribution in [2.24, 2.45) is 0 Å². The van der Waals surface area contributed by atoms with Crippen LogP contribution in [0.3, 0.4) is 0 Å². The molecule has 7 N–H and O–H groups in total. The smallest absolute Gasteiger partial charge is 0.187 e. The van der Waals surface area contributed by atoms with Crippen LogP contribution in [0.5, 0.6) is 0 Å². The molecule has 2 saturated heterocycles. The van der Waals surface area contributed by atoms with Crippen molar-refractivity contribution < 1.29 is 50.0 Å². The lowest BCUT2D eigenvalue weighted by Crippen LogP contribution is -2.63. The molecular formula is C12H22O10. The van der Waals surface area contributed by atoms with E-state index in [1.54, 1.807) is 0 Å². The molecule has 22 heavy (non-hydrogen) atoms. The molecule has 0 unspecified atom stereocenters. The Morgan fingerprint density at radius 2 is 1.45 bits per heavy atom. The van der Waals surface area contributed by atoms with Crippen molar-refractivity contribution in [3.8, 4) is 0 Å². The monoisotopic (exact) mass is 326 g/mol. The van der Waals surface area contributed by atoms with Gasteiger partial charge < -0.3 is 50.0 Å². The first-order chi connectivity index (χ1) is 10.3. The second-order valence-electron chi connectivity index (χ2n) is 5.51. The molecule has 0 amide bonds. The van der Waals surface area contributed by atoms with Crippen molar-refractivity contribution in [1.82, 2.24) is 0 Å². The van der Waals surface area contributed by atoms with Gasteiger partial charge in [-0.15, -0.1) is 0 Å². The Morgan fingerprint density at radius 3 is 2.05 bits per heavy atom. The Morgan fingerprint density at radius 1 is 0.818 bits per heavy atom. The summed E-state index contributed by atoms with van der Waals surface area (Å²) < 4.78 is 15.3. The van der Waals surface area contributed by atoms with Gasteiger partial charge in [-0.3, -0.25) is 0 Å². The number of ether oxygens (including phenoxy) is 3. The lowest BCUT2D eigenvalue weighted by atomic mass is 9.97. The van der Waals surface area contributed by atoms with E-state index in [1.165, 1.54) is 6.92 Å². The molecule has 10 heteroatoms. The number of hydrogen-bond donors (Lipinski definition) is 7. The summed E-state index contributed by atoms with van der Waals surface area (Å²) in [5, 5.41) is 67.5. The van der Waals surface area contributed by atoms with Gasteiger partial charge in [-0.25, -0.2) is 0 Å². The molecule has 10 atom stereocenters. The molecule has 0 aromatic heterocycles. The van der Waals surface area contributed by atoms with Crippen LogP contribution in [0, 0.1) is 0 Å². The topological polar surface area (TPSA) is 169 Å². The Bertz CT molecular complexity index is 368. The van der Waals surface area contributed by atoms with E-state index in [2.05, 4.69) is 0 Å². The molecule has 2 aliphatic heterocycles. The highest BCUT2D eigenvalue weighted by Gasteiger charge is 2.49. The predicted molar refractivity (Wildman–Crippen MR) is 67.2 cm³/mol. The van der Waals surface area contributed by atoms with Crippen LogP contribution in [-0.2, 0) is 14.2 Å². The fourth-order valence-corrected chi connectivity index (χ4v) is 2.50. The second kappa shape index (κ2) is 7.01. The van der Waals surface area contributed by atoms with Gasteiger partial charge in [0.15, 0.2) is 12.6 Å². The molecule has 0 spiro atoms. The minimum absolute atomic E-state index is 0.619. The van der Waals surface area contributed by atoms with E-state index >= 15 is 0 Å². The standard InChI is InChI=1S/C12H22O10/c1-3-5(14)7(16)9(18)12(20-3)22-10-8(17)6(15)4(2-13)21-11(10)19/h3-19H,2H2,1H3/t3-,4+,5+,6+,7+,8-,9-,10+,11-,12+/m0/s1. The molecular weight excluding hydrogens is 304 g/mol. The zero-order valence-electron chi connectivity index (χ0n) is 11.8. The van der Waals surface area contributed by atoms with E-state index in [4.69, 9.17) is 19.3 Å². The summed E-state index contributed by atoms with van der Waals surface area (Å²) in [5.41, 5.74) is 0. The summed E-state index contributed by atoms with van der Waals surface area (Å²) >= 11 is 0. The normalized spacial score (nSPS) is 53.5. The van der Waals surface area contributed by atoms with Crippen molar-refractivity contribution in [3.05, 3.63) is 0 Å². The van der Waals surface area contributed by atoms with Gasteiger partial charge in [0.05, 0.1) is 12.7 Å². The van der Waals surface area contributed by atoms with Gasteiger partial charge in [0.25, 0.3) is 0 Å². The SMILES string of the molecule is C[C@@H]1O[C@H](O[C@@H]2[C@@H](O)[C@H](O)[C@@H](CO)O[C@@H]2O)[C@@H](O)[C@H](O)[C@@H]1O. The highest BCUT2D eigenvalue weighted by atomic mass is 16.7. The molecule has 0 aromatic rings. The van der Waals surface area contributed by atoms with Crippen LogP contribution in [0.1, 0.15) is 6.92 Å². The summed E-state index contributed by atoms with van der Waals surface area (Å²) in [5.74, 6) is 0. The quantitative estimate of drug-likeness (QED) is 0.269. The maximum atomic E-state index is 9.93. The van der Waals surface area contributed by atoms with Gasteiger partial charge in [0.1, 0.15) is 42.7 Å². The average molecular weight is 326 g/mol. The van der Waals surface area contributed by atoms with Gasteiger partial charge in [0.2, 0.25) is 0 Å². The first-order valence-electron chi connectivity index (χ1n) is 6.93. The molecule has 130 valence electrons. The molecule has 0 aromatic carbocycles. The number of aliphatic hydroxyl groups is 7. The molecule has 2 heterocycles. The van der Waals surface area contributed by atoms with Crippen LogP contribution in [0.25, 0.3) is 0 Å². The summed E-state index contributed by atoms with van der Waals surface area (Å²) in [6.07, 6.45) is -14.3. The van der Waals surface area contributed by atoms with E-state index in [9.17, 15) is 30.6 Å². The van der Waals surface area contributed by atoms with Crippen LogP contribution in [0.4, 0.5) is 0 Å². The van der Waals surface area contributed by atoms with Crippen molar-refractivity contribution in [3.63, 3.8) is 0 Å². The first-order valence-corrected chi connectivity index (χ1v) is 6.93. The largest absolute Gasteiger partial charge is 0.394 e. The Balaban J connectivity index is 2.06. The van der Waals surface area contributed by atoms with Gasteiger partial charge in [-0.2, -0.15) is 0 Å². The molecule has 2 aliphatic rings. The van der Waals surface area contributed by atoms with Crippen LogP contribution >= 0.6 is 0 Å². The van der Waals surface area contributed by atoms with Crippen molar-refractivity contribution in [1.29, 1.82) is 0 Å². The van der Waals surface area contributed by atoms with E-state index in [-0.39, 0.29) is 0 Å². The molecule has 0 radical (unpaired) electrons. The number of hydrogen-bond acceptors (Lipinski definition) is 10. The fourth-order valence-electron chi connectivity index (χ4n) is 2.50. The lowest BCUT2D eigenvalue weighted by molar-refractivity contribution is -0.358. The summed E-state index contributed by atoms with van der Waals surface area (Å²) in [6.45, 7) is 0.823. The molecule has 2 rings (SSSR count). The third-order valence-corrected chi connectivity index (χ3v) is 3.94. The van der Waals surface area contributed by atoms with Crippen LogP contribution in [0.15, 0.2) is 0 Å². The molecule has 10 nitrogen and oxygen atoms in total. The molecule has 2 fully saturated rings. The van der Waals surface area contributed by atoms with E-state index in [0.29, 0.717) is 0 Å². The number of rotatable bonds is 3. The van der Waals surface area contributed by atoms with Crippen LogP contribution < -0.4 is 0 Å². The summed E-state index contributed by atoms with van der Waals surface area (Å²) in [6, 6.07) is 0. The van der Waals surface area contributed by atoms with E-state index in [0.717, 1.165) is 0 Å². The van der Waals surface area contributed by atoms with Gasteiger partial charge in [-0.05, 0) is 6.92 Å². The van der Waals surface area contributed by atoms with Crippen molar-refractivity contribution in [2.75, 3.05) is 6.61 Å². The van der Waals surface area contributed by atoms with E-state index < -0.39 is 68.0 Å². The Hall–Kier alpha value is -0.400. The average Bonchev–Trinajstić information content (AvgIpc) is 2.49. The third kappa shape index (κ3) is 3.26. The van der Waals surface area contributed by atoms with Crippen LogP contribution in [-0.4, -0.2) is 104 Å². The highest BCUT2D eigenvalue weighted by molar-refractivity contribution is 4.92. The highest BCUT2D eigenvalue weighted by Crippen LogP contribution is 2.28. The molecule has 0 aliphatic carbocycles. The second-order valence-corrected chi connectivity index (χ2v) is 5.51. The number of aliphatic hydroxyl groups excluding tert-OH is 7. The van der Waals surface area contributed by atoms with Crippen molar-refractivity contribution >= 4 is 0 Å². The van der Waals surface area contributed by atoms with E-state index in [1.807, 2.05) is 0 Å². The van der Waals surface area contributed by atoms with Gasteiger partial charge in [0, 0.05) is 0 Å². The Kier molecular flexibility index (Phi) is 5.72. The summed E-state index contributed by atoms with van der Waals surface area (Å²) in [7, 11) is 0. The zero-order valence-corrected chi connectivity index (χ0v) is 11.8. The summed E-state index contributed by atoms with van der Waals surface area (Å²) in [4.78, 5) is 0.